The van der Waals surface area contributed by atoms with E-state index in [4.69, 9.17) is 14.2 Å². The summed E-state index contributed by atoms with van der Waals surface area (Å²) in [4.78, 5) is 0. The van der Waals surface area contributed by atoms with Crippen molar-refractivity contribution in [1.82, 2.24) is 0 Å². The molecule has 0 bridgehead atoms. The Kier molecular flexibility index (Phi) is 3.83. The molecule has 0 radical (unpaired) electrons. The minimum Gasteiger partial charge on any atom is -0.496 e. The maximum Gasteiger partial charge on any atom is 0.168 e. The van der Waals surface area contributed by atoms with E-state index in [2.05, 4.69) is 28.1 Å². The van der Waals surface area contributed by atoms with E-state index in [9.17, 15) is 0 Å². The standard InChI is InChI=1S/C15H19BrO3/c1-17-14-3-2-12(10-13(14)16)11-4-6-15(7-5-11)18-8-9-19-15/h2-3,10-11H,4-9H2,1H3. The van der Waals surface area contributed by atoms with E-state index in [1.807, 2.05) is 6.07 Å². The average molecular weight is 327 g/mol. The minimum absolute atomic E-state index is 0.264. The fourth-order valence-electron chi connectivity index (χ4n) is 3.11. The van der Waals surface area contributed by atoms with Crippen LogP contribution in [0.25, 0.3) is 0 Å². The van der Waals surface area contributed by atoms with Gasteiger partial charge >= 0.3 is 0 Å². The summed E-state index contributed by atoms with van der Waals surface area (Å²) in [6.07, 6.45) is 4.25. The second kappa shape index (κ2) is 5.43. The molecule has 1 heterocycles. The van der Waals surface area contributed by atoms with Gasteiger partial charge in [0.1, 0.15) is 5.75 Å². The molecule has 2 fully saturated rings. The highest BCUT2D eigenvalue weighted by Gasteiger charge is 2.40. The smallest absolute Gasteiger partial charge is 0.168 e. The summed E-state index contributed by atoms with van der Waals surface area (Å²) in [5.74, 6) is 1.22. The highest BCUT2D eigenvalue weighted by Crippen LogP contribution is 2.43. The lowest BCUT2D eigenvalue weighted by molar-refractivity contribution is -0.178. The first kappa shape index (κ1) is 13.4. The minimum atomic E-state index is -0.264. The van der Waals surface area contributed by atoms with Crippen LogP contribution < -0.4 is 4.74 Å². The highest BCUT2D eigenvalue weighted by atomic mass is 79.9. The number of hydrogen-bond acceptors (Lipinski definition) is 3. The Balaban J connectivity index is 1.69. The van der Waals surface area contributed by atoms with Crippen molar-refractivity contribution < 1.29 is 14.2 Å². The van der Waals surface area contributed by atoms with Crippen LogP contribution in [0.1, 0.15) is 37.2 Å². The quantitative estimate of drug-likeness (QED) is 0.826. The number of rotatable bonds is 2. The molecule has 1 aromatic rings. The number of halogens is 1. The largest absolute Gasteiger partial charge is 0.496 e. The van der Waals surface area contributed by atoms with Gasteiger partial charge in [-0.2, -0.15) is 0 Å². The molecule has 1 aliphatic carbocycles. The molecule has 1 spiro atoms. The van der Waals surface area contributed by atoms with E-state index < -0.39 is 0 Å². The number of benzene rings is 1. The summed E-state index contributed by atoms with van der Waals surface area (Å²) in [5, 5.41) is 0. The summed E-state index contributed by atoms with van der Waals surface area (Å²) in [6, 6.07) is 6.38. The van der Waals surface area contributed by atoms with E-state index in [0.29, 0.717) is 5.92 Å². The molecule has 0 aromatic heterocycles. The van der Waals surface area contributed by atoms with Gasteiger partial charge in [0.2, 0.25) is 0 Å². The first-order valence-corrected chi connectivity index (χ1v) is 7.63. The molecule has 0 N–H and O–H groups in total. The molecule has 0 unspecified atom stereocenters. The fraction of sp³-hybridized carbons (Fsp3) is 0.600. The van der Waals surface area contributed by atoms with Gasteiger partial charge in [-0.15, -0.1) is 0 Å². The Labute approximate surface area is 122 Å². The maximum absolute atomic E-state index is 5.77. The van der Waals surface area contributed by atoms with Gasteiger partial charge in [0, 0.05) is 12.8 Å². The van der Waals surface area contributed by atoms with Crippen molar-refractivity contribution in [2.45, 2.75) is 37.4 Å². The zero-order chi connectivity index (χ0) is 13.3. The van der Waals surface area contributed by atoms with Crippen LogP contribution in [0.4, 0.5) is 0 Å². The average Bonchev–Trinajstić information content (AvgIpc) is 2.88. The second-order valence-corrected chi connectivity index (χ2v) is 6.13. The molecule has 3 nitrogen and oxygen atoms in total. The van der Waals surface area contributed by atoms with Crippen LogP contribution in [0.5, 0.6) is 5.75 Å². The molecule has 1 saturated carbocycles. The van der Waals surface area contributed by atoms with Gasteiger partial charge in [-0.1, -0.05) is 6.07 Å². The van der Waals surface area contributed by atoms with Crippen molar-refractivity contribution in [2.75, 3.05) is 20.3 Å². The van der Waals surface area contributed by atoms with Crippen LogP contribution >= 0.6 is 15.9 Å². The van der Waals surface area contributed by atoms with Gasteiger partial charge in [0.15, 0.2) is 5.79 Å². The third-order valence-electron chi connectivity index (χ3n) is 4.21. The lowest BCUT2D eigenvalue weighted by Crippen LogP contribution is -2.34. The predicted octanol–water partition coefficient (Wildman–Crippen LogP) is 3.86. The van der Waals surface area contributed by atoms with Crippen LogP contribution in [-0.2, 0) is 9.47 Å². The Bertz CT molecular complexity index is 445. The van der Waals surface area contributed by atoms with Crippen LogP contribution in [0, 0.1) is 0 Å². The van der Waals surface area contributed by atoms with E-state index in [0.717, 1.165) is 49.1 Å². The molecule has 104 valence electrons. The van der Waals surface area contributed by atoms with Crippen molar-refractivity contribution in [1.29, 1.82) is 0 Å². The second-order valence-electron chi connectivity index (χ2n) is 5.28. The number of hydrogen-bond donors (Lipinski definition) is 0. The number of methoxy groups -OCH3 is 1. The summed E-state index contributed by atoms with van der Waals surface area (Å²) < 4.78 is 17.9. The van der Waals surface area contributed by atoms with Crippen LogP contribution in [0.2, 0.25) is 0 Å². The lowest BCUT2D eigenvalue weighted by Gasteiger charge is -2.35. The fourth-order valence-corrected chi connectivity index (χ4v) is 3.67. The topological polar surface area (TPSA) is 27.7 Å². The van der Waals surface area contributed by atoms with E-state index in [1.54, 1.807) is 7.11 Å². The molecular formula is C15H19BrO3. The van der Waals surface area contributed by atoms with Crippen molar-refractivity contribution in [3.05, 3.63) is 28.2 Å². The van der Waals surface area contributed by atoms with Crippen LogP contribution in [0.3, 0.4) is 0 Å². The normalized spacial score (nSPS) is 22.8. The monoisotopic (exact) mass is 326 g/mol. The van der Waals surface area contributed by atoms with Crippen LogP contribution in [-0.4, -0.2) is 26.1 Å². The lowest BCUT2D eigenvalue weighted by atomic mass is 9.81. The third-order valence-corrected chi connectivity index (χ3v) is 4.83. The Morgan fingerprint density at radius 2 is 1.89 bits per heavy atom. The van der Waals surface area contributed by atoms with Crippen molar-refractivity contribution >= 4 is 15.9 Å². The predicted molar refractivity (Wildman–Crippen MR) is 76.5 cm³/mol. The summed E-state index contributed by atoms with van der Waals surface area (Å²) in [5.41, 5.74) is 1.38. The summed E-state index contributed by atoms with van der Waals surface area (Å²) in [7, 11) is 1.69. The van der Waals surface area contributed by atoms with Gasteiger partial charge in [0.05, 0.1) is 24.8 Å². The Morgan fingerprint density at radius 1 is 1.21 bits per heavy atom. The van der Waals surface area contributed by atoms with Crippen molar-refractivity contribution in [3.8, 4) is 5.75 Å². The molecule has 0 amide bonds. The molecule has 1 aliphatic heterocycles. The molecular weight excluding hydrogens is 308 g/mol. The molecule has 2 aliphatic rings. The van der Waals surface area contributed by atoms with Gasteiger partial charge < -0.3 is 14.2 Å². The van der Waals surface area contributed by atoms with Gasteiger partial charge in [-0.25, -0.2) is 0 Å². The first-order chi connectivity index (χ1) is 9.22. The maximum atomic E-state index is 5.77. The molecule has 1 saturated heterocycles. The number of ether oxygens (including phenoxy) is 3. The molecule has 4 heteroatoms. The first-order valence-electron chi connectivity index (χ1n) is 6.84. The van der Waals surface area contributed by atoms with E-state index in [-0.39, 0.29) is 5.79 Å². The summed E-state index contributed by atoms with van der Waals surface area (Å²) in [6.45, 7) is 1.50. The zero-order valence-corrected chi connectivity index (χ0v) is 12.7. The SMILES string of the molecule is COc1ccc(C2CCC3(CC2)OCCO3)cc1Br. The molecule has 1 aromatic carbocycles. The van der Waals surface area contributed by atoms with E-state index >= 15 is 0 Å². The Morgan fingerprint density at radius 3 is 2.47 bits per heavy atom. The van der Waals surface area contributed by atoms with Crippen LogP contribution in [0.15, 0.2) is 22.7 Å². The van der Waals surface area contributed by atoms with Gasteiger partial charge in [-0.05, 0) is 52.4 Å². The zero-order valence-electron chi connectivity index (χ0n) is 11.2. The summed E-state index contributed by atoms with van der Waals surface area (Å²) >= 11 is 3.56. The molecule has 19 heavy (non-hydrogen) atoms. The third kappa shape index (κ3) is 2.67. The van der Waals surface area contributed by atoms with Crippen molar-refractivity contribution in [2.24, 2.45) is 0 Å². The van der Waals surface area contributed by atoms with E-state index in [1.165, 1.54) is 5.56 Å². The van der Waals surface area contributed by atoms with Gasteiger partial charge in [-0.3, -0.25) is 0 Å². The highest BCUT2D eigenvalue weighted by molar-refractivity contribution is 9.10. The van der Waals surface area contributed by atoms with Gasteiger partial charge in [0.25, 0.3) is 0 Å². The van der Waals surface area contributed by atoms with Crippen molar-refractivity contribution in [3.63, 3.8) is 0 Å². The Hall–Kier alpha value is -0.580. The molecule has 3 rings (SSSR count). The molecule has 0 atom stereocenters.